The Morgan fingerprint density at radius 1 is 1.00 bits per heavy atom. The van der Waals surface area contributed by atoms with Crippen LogP contribution in [0.2, 0.25) is 5.15 Å². The lowest BCUT2D eigenvalue weighted by Crippen LogP contribution is -1.95. The van der Waals surface area contributed by atoms with Crippen molar-refractivity contribution in [3.8, 4) is 17.2 Å². The number of benzene rings is 1. The van der Waals surface area contributed by atoms with Crippen LogP contribution >= 0.6 is 11.6 Å². The molecule has 0 fully saturated rings. The SMILES string of the molecule is COc1cc(OC)c2nc(Cl)ccc2c1OC. The third kappa shape index (κ3) is 1.96. The van der Waals surface area contributed by atoms with E-state index in [1.165, 1.54) is 0 Å². The molecule has 17 heavy (non-hydrogen) atoms. The van der Waals surface area contributed by atoms with Crippen LogP contribution in [0.25, 0.3) is 10.9 Å². The zero-order chi connectivity index (χ0) is 12.4. The molecule has 1 aromatic carbocycles. The highest BCUT2D eigenvalue weighted by molar-refractivity contribution is 6.29. The molecule has 0 aliphatic carbocycles. The molecule has 0 spiro atoms. The highest BCUT2D eigenvalue weighted by Gasteiger charge is 2.15. The molecule has 2 aromatic rings. The number of rotatable bonds is 3. The van der Waals surface area contributed by atoms with Gasteiger partial charge in [0, 0.05) is 6.07 Å². The lowest BCUT2D eigenvalue weighted by atomic mass is 10.1. The first-order valence-corrected chi connectivity index (χ1v) is 5.34. The lowest BCUT2D eigenvalue weighted by molar-refractivity contribution is 0.353. The van der Waals surface area contributed by atoms with Crippen LogP contribution in [0, 0.1) is 0 Å². The summed E-state index contributed by atoms with van der Waals surface area (Å²) in [6.45, 7) is 0. The third-order valence-corrected chi connectivity index (χ3v) is 2.68. The van der Waals surface area contributed by atoms with Gasteiger partial charge in [-0.3, -0.25) is 0 Å². The molecule has 0 radical (unpaired) electrons. The number of aromatic nitrogens is 1. The van der Waals surface area contributed by atoms with Gasteiger partial charge in [-0.25, -0.2) is 4.98 Å². The van der Waals surface area contributed by atoms with Gasteiger partial charge in [0.15, 0.2) is 11.5 Å². The van der Waals surface area contributed by atoms with Crippen molar-refractivity contribution in [1.82, 2.24) is 4.98 Å². The molecule has 0 amide bonds. The van der Waals surface area contributed by atoms with E-state index in [4.69, 9.17) is 25.8 Å². The smallest absolute Gasteiger partial charge is 0.170 e. The number of hydrogen-bond donors (Lipinski definition) is 0. The average Bonchev–Trinajstić information content (AvgIpc) is 2.36. The molecule has 0 saturated carbocycles. The molecule has 90 valence electrons. The Hall–Kier alpha value is -1.68. The van der Waals surface area contributed by atoms with Crippen molar-refractivity contribution in [3.05, 3.63) is 23.4 Å². The van der Waals surface area contributed by atoms with Gasteiger partial charge in [-0.15, -0.1) is 0 Å². The number of methoxy groups -OCH3 is 3. The third-order valence-electron chi connectivity index (χ3n) is 2.47. The first-order chi connectivity index (χ1) is 8.21. The molecule has 1 heterocycles. The van der Waals surface area contributed by atoms with Gasteiger partial charge in [0.1, 0.15) is 16.4 Å². The molecular weight excluding hydrogens is 242 g/mol. The second-order valence-corrected chi connectivity index (χ2v) is 3.73. The highest BCUT2D eigenvalue weighted by Crippen LogP contribution is 2.40. The van der Waals surface area contributed by atoms with Crippen molar-refractivity contribution in [2.24, 2.45) is 0 Å². The maximum atomic E-state index is 5.88. The zero-order valence-electron chi connectivity index (χ0n) is 9.78. The molecule has 0 atom stereocenters. The van der Waals surface area contributed by atoms with Crippen LogP contribution in [-0.4, -0.2) is 26.3 Å². The minimum Gasteiger partial charge on any atom is -0.494 e. The van der Waals surface area contributed by atoms with Crippen LogP contribution in [0.15, 0.2) is 18.2 Å². The summed E-state index contributed by atoms with van der Waals surface area (Å²) in [6.07, 6.45) is 0. The molecule has 0 bridgehead atoms. The fourth-order valence-electron chi connectivity index (χ4n) is 1.71. The highest BCUT2D eigenvalue weighted by atomic mass is 35.5. The zero-order valence-corrected chi connectivity index (χ0v) is 10.5. The summed E-state index contributed by atoms with van der Waals surface area (Å²) in [7, 11) is 4.73. The van der Waals surface area contributed by atoms with Crippen LogP contribution in [0.1, 0.15) is 0 Å². The van der Waals surface area contributed by atoms with E-state index >= 15 is 0 Å². The van der Waals surface area contributed by atoms with E-state index in [-0.39, 0.29) is 0 Å². The van der Waals surface area contributed by atoms with E-state index in [9.17, 15) is 0 Å². The van der Waals surface area contributed by atoms with Gasteiger partial charge in [-0.05, 0) is 12.1 Å². The Kier molecular flexibility index (Phi) is 3.24. The molecule has 0 aliphatic heterocycles. The second kappa shape index (κ2) is 4.67. The molecule has 0 unspecified atom stereocenters. The summed E-state index contributed by atoms with van der Waals surface area (Å²) in [5.74, 6) is 1.81. The summed E-state index contributed by atoms with van der Waals surface area (Å²) < 4.78 is 15.8. The number of ether oxygens (including phenoxy) is 3. The standard InChI is InChI=1S/C12H12ClNO3/c1-15-8-6-9(16-2)12(17-3)7-4-5-10(13)14-11(7)8/h4-6H,1-3H3. The molecule has 0 aliphatic rings. The van der Waals surface area contributed by atoms with Crippen LogP contribution < -0.4 is 14.2 Å². The maximum absolute atomic E-state index is 5.88. The molecule has 4 nitrogen and oxygen atoms in total. The first kappa shape index (κ1) is 11.8. The Morgan fingerprint density at radius 2 is 1.71 bits per heavy atom. The molecule has 5 heteroatoms. The van der Waals surface area contributed by atoms with Gasteiger partial charge in [-0.1, -0.05) is 11.6 Å². The van der Waals surface area contributed by atoms with E-state index in [1.54, 1.807) is 33.5 Å². The van der Waals surface area contributed by atoms with Crippen LogP contribution in [0.4, 0.5) is 0 Å². The summed E-state index contributed by atoms with van der Waals surface area (Å²) in [4.78, 5) is 4.24. The fourth-order valence-corrected chi connectivity index (χ4v) is 1.86. The number of fused-ring (bicyclic) bond motifs is 1. The van der Waals surface area contributed by atoms with Gasteiger partial charge in [0.25, 0.3) is 0 Å². The van der Waals surface area contributed by atoms with Gasteiger partial charge < -0.3 is 14.2 Å². The summed E-state index contributed by atoms with van der Waals surface area (Å²) in [5, 5.41) is 1.20. The normalized spacial score (nSPS) is 10.4. The summed E-state index contributed by atoms with van der Waals surface area (Å²) >= 11 is 5.88. The largest absolute Gasteiger partial charge is 0.494 e. The van der Waals surface area contributed by atoms with Crippen LogP contribution in [-0.2, 0) is 0 Å². The predicted octanol–water partition coefficient (Wildman–Crippen LogP) is 2.91. The fraction of sp³-hybridized carbons (Fsp3) is 0.250. The van der Waals surface area contributed by atoms with Crippen molar-refractivity contribution < 1.29 is 14.2 Å². The lowest BCUT2D eigenvalue weighted by Gasteiger charge is -2.13. The van der Waals surface area contributed by atoms with Gasteiger partial charge in [-0.2, -0.15) is 0 Å². The number of pyridine rings is 1. The second-order valence-electron chi connectivity index (χ2n) is 3.34. The maximum Gasteiger partial charge on any atom is 0.170 e. The van der Waals surface area contributed by atoms with E-state index in [1.807, 2.05) is 6.07 Å². The monoisotopic (exact) mass is 253 g/mol. The minimum absolute atomic E-state index is 0.406. The van der Waals surface area contributed by atoms with Crippen LogP contribution in [0.3, 0.4) is 0 Å². The van der Waals surface area contributed by atoms with E-state index < -0.39 is 0 Å². The Bertz CT molecular complexity index is 557. The quantitative estimate of drug-likeness (QED) is 0.789. The summed E-state index contributed by atoms with van der Waals surface area (Å²) in [6, 6.07) is 5.25. The van der Waals surface area contributed by atoms with E-state index in [2.05, 4.69) is 4.98 Å². The van der Waals surface area contributed by atoms with Crippen molar-refractivity contribution in [2.45, 2.75) is 0 Å². The molecule has 2 rings (SSSR count). The Labute approximate surface area is 104 Å². The van der Waals surface area contributed by atoms with E-state index in [0.717, 1.165) is 5.39 Å². The number of halogens is 1. The van der Waals surface area contributed by atoms with E-state index in [0.29, 0.717) is 27.9 Å². The first-order valence-electron chi connectivity index (χ1n) is 4.96. The number of nitrogens with zero attached hydrogens (tertiary/aromatic N) is 1. The van der Waals surface area contributed by atoms with Crippen molar-refractivity contribution in [2.75, 3.05) is 21.3 Å². The van der Waals surface area contributed by atoms with Gasteiger partial charge in [0.2, 0.25) is 0 Å². The Morgan fingerprint density at radius 3 is 2.29 bits per heavy atom. The molecule has 0 N–H and O–H groups in total. The topological polar surface area (TPSA) is 40.6 Å². The molecule has 1 aromatic heterocycles. The summed E-state index contributed by atoms with van der Waals surface area (Å²) in [5.41, 5.74) is 0.651. The average molecular weight is 254 g/mol. The number of hydrogen-bond acceptors (Lipinski definition) is 4. The minimum atomic E-state index is 0.406. The van der Waals surface area contributed by atoms with Crippen LogP contribution in [0.5, 0.6) is 17.2 Å². The Balaban J connectivity index is 2.85. The van der Waals surface area contributed by atoms with Gasteiger partial charge >= 0.3 is 0 Å². The van der Waals surface area contributed by atoms with Crippen molar-refractivity contribution in [3.63, 3.8) is 0 Å². The van der Waals surface area contributed by atoms with Crippen molar-refractivity contribution >= 4 is 22.5 Å². The molecule has 0 saturated heterocycles. The predicted molar refractivity (Wildman–Crippen MR) is 66.4 cm³/mol. The van der Waals surface area contributed by atoms with Gasteiger partial charge in [0.05, 0.1) is 26.7 Å². The van der Waals surface area contributed by atoms with Crippen molar-refractivity contribution in [1.29, 1.82) is 0 Å². The molecular formula is C12H12ClNO3.